The van der Waals surface area contributed by atoms with Gasteiger partial charge in [-0.15, -0.1) is 0 Å². The molecule has 192 valence electrons. The molecule has 0 N–H and O–H groups in total. The van der Waals surface area contributed by atoms with Crippen LogP contribution in [0.3, 0.4) is 0 Å². The normalized spacial score (nSPS) is 11.3. The van der Waals surface area contributed by atoms with Gasteiger partial charge in [-0.2, -0.15) is 25.7 Å². The van der Waals surface area contributed by atoms with Gasteiger partial charge >= 0.3 is 0 Å². The van der Waals surface area contributed by atoms with Crippen LogP contribution in [-0.2, 0) is 6.42 Å². The van der Waals surface area contributed by atoms with E-state index < -0.39 is 0 Å². The third-order valence-electron chi connectivity index (χ3n) is 6.26. The average Bonchev–Trinajstić information content (AvgIpc) is 2.95. The van der Waals surface area contributed by atoms with Gasteiger partial charge in [0.05, 0.1) is 35.2 Å². The van der Waals surface area contributed by atoms with Crippen molar-refractivity contribution in [3.63, 3.8) is 0 Å². The van der Waals surface area contributed by atoms with E-state index in [0.717, 1.165) is 47.9 Å². The largest absolute Gasteiger partial charge is 0.371 e. The Balaban J connectivity index is 1.47. The Kier molecular flexibility index (Phi) is 12.0. The number of hydrogen-bond acceptors (Lipinski definition) is 6. The zero-order chi connectivity index (χ0) is 26.1. The highest BCUT2D eigenvalue weighted by atomic mass is 15.1. The maximum atomic E-state index is 8.82. The molecular formula is C31H38N6. The van der Waals surface area contributed by atoms with Crippen LogP contribution in [0.5, 0.6) is 0 Å². The fourth-order valence-electron chi connectivity index (χ4n) is 4.04. The Morgan fingerprint density at radius 2 is 1.08 bits per heavy atom. The lowest BCUT2D eigenvalue weighted by Gasteiger charge is -2.21. The van der Waals surface area contributed by atoms with Crippen LogP contribution in [0.2, 0.25) is 0 Å². The van der Waals surface area contributed by atoms with Crippen molar-refractivity contribution in [3.8, 4) is 6.07 Å². The monoisotopic (exact) mass is 494 g/mol. The van der Waals surface area contributed by atoms with Crippen molar-refractivity contribution in [2.24, 2.45) is 20.5 Å². The Hall–Kier alpha value is -3.85. The van der Waals surface area contributed by atoms with Gasteiger partial charge in [-0.1, -0.05) is 51.2 Å². The molecule has 6 heteroatoms. The van der Waals surface area contributed by atoms with Crippen molar-refractivity contribution in [1.29, 1.82) is 5.26 Å². The number of anilines is 1. The minimum absolute atomic E-state index is 0.510. The van der Waals surface area contributed by atoms with Crippen LogP contribution >= 0.6 is 0 Å². The average molecular weight is 495 g/mol. The molecule has 0 heterocycles. The van der Waals surface area contributed by atoms with E-state index in [-0.39, 0.29) is 0 Å². The van der Waals surface area contributed by atoms with Gasteiger partial charge in [-0.25, -0.2) is 0 Å². The number of benzene rings is 3. The lowest BCUT2D eigenvalue weighted by atomic mass is 10.0. The highest BCUT2D eigenvalue weighted by Gasteiger charge is 2.03. The molecule has 37 heavy (non-hydrogen) atoms. The summed E-state index contributed by atoms with van der Waals surface area (Å²) in [6.07, 6.45) is 9.55. The maximum absolute atomic E-state index is 8.82. The number of hydrogen-bond donors (Lipinski definition) is 0. The second kappa shape index (κ2) is 16.0. The molecule has 0 fully saturated rings. The summed E-state index contributed by atoms with van der Waals surface area (Å²) >= 11 is 0. The summed E-state index contributed by atoms with van der Waals surface area (Å²) < 4.78 is 0. The molecule has 0 aromatic heterocycles. The van der Waals surface area contributed by atoms with Crippen LogP contribution in [0.1, 0.15) is 64.4 Å². The van der Waals surface area contributed by atoms with Crippen LogP contribution in [0.25, 0.3) is 0 Å². The van der Waals surface area contributed by atoms with Gasteiger partial charge in [0.2, 0.25) is 0 Å². The minimum Gasteiger partial charge on any atom is -0.371 e. The number of nitriles is 1. The van der Waals surface area contributed by atoms with Crippen LogP contribution < -0.4 is 4.90 Å². The lowest BCUT2D eigenvalue weighted by molar-refractivity contribution is 0.607. The first-order valence-electron chi connectivity index (χ1n) is 13.5. The Morgan fingerprint density at radius 3 is 1.57 bits per heavy atom. The van der Waals surface area contributed by atoms with Crippen molar-refractivity contribution < 1.29 is 0 Å². The van der Waals surface area contributed by atoms with Gasteiger partial charge in [-0.05, 0) is 86.0 Å². The van der Waals surface area contributed by atoms with E-state index in [1.54, 1.807) is 0 Å². The molecule has 0 aliphatic carbocycles. The van der Waals surface area contributed by atoms with E-state index in [2.05, 4.69) is 57.4 Å². The van der Waals surface area contributed by atoms with Gasteiger partial charge in [0.1, 0.15) is 0 Å². The molecular weight excluding hydrogens is 456 g/mol. The third kappa shape index (κ3) is 9.97. The highest BCUT2D eigenvalue weighted by molar-refractivity contribution is 5.53. The Morgan fingerprint density at radius 1 is 0.622 bits per heavy atom. The van der Waals surface area contributed by atoms with E-state index in [1.807, 2.05) is 60.7 Å². The highest BCUT2D eigenvalue weighted by Crippen LogP contribution is 2.25. The standard InChI is InChI=1S/C31H38N6/c1-3-5-6-7-8-9-11-26-12-14-27(15-13-26)33-34-28-16-18-29(19-17-28)35-36-30-20-22-31(23-21-30)37(4-2)25-10-24-32/h12-23H,3-11,25H2,1-2H3. The summed E-state index contributed by atoms with van der Waals surface area (Å²) in [5.41, 5.74) is 5.61. The van der Waals surface area contributed by atoms with Crippen molar-refractivity contribution in [2.45, 2.75) is 65.2 Å². The predicted molar refractivity (Wildman–Crippen MR) is 153 cm³/mol. The van der Waals surface area contributed by atoms with Crippen LogP contribution in [0, 0.1) is 11.3 Å². The smallest absolute Gasteiger partial charge is 0.0858 e. The van der Waals surface area contributed by atoms with Gasteiger partial charge in [-0.3, -0.25) is 0 Å². The second-order valence-corrected chi connectivity index (χ2v) is 9.10. The summed E-state index contributed by atoms with van der Waals surface area (Å²) in [6, 6.07) is 26.0. The number of unbranched alkanes of at least 4 members (excludes halogenated alkanes) is 5. The quantitative estimate of drug-likeness (QED) is 0.156. The molecule has 0 bridgehead atoms. The molecule has 0 saturated heterocycles. The minimum atomic E-state index is 0.510. The predicted octanol–water partition coefficient (Wildman–Crippen LogP) is 10.2. The molecule has 0 atom stereocenters. The first kappa shape index (κ1) is 27.7. The molecule has 0 unspecified atom stereocenters. The first-order chi connectivity index (χ1) is 18.2. The Labute approximate surface area is 221 Å². The maximum Gasteiger partial charge on any atom is 0.0858 e. The van der Waals surface area contributed by atoms with Gasteiger partial charge in [0.15, 0.2) is 0 Å². The molecule has 3 aromatic carbocycles. The summed E-state index contributed by atoms with van der Waals surface area (Å²) in [4.78, 5) is 2.17. The molecule has 0 spiro atoms. The van der Waals surface area contributed by atoms with Crippen LogP contribution in [-0.4, -0.2) is 13.1 Å². The zero-order valence-electron chi connectivity index (χ0n) is 22.2. The summed E-state index contributed by atoms with van der Waals surface area (Å²) in [6.45, 7) is 5.92. The topological polar surface area (TPSA) is 76.5 Å². The second-order valence-electron chi connectivity index (χ2n) is 9.10. The molecule has 0 radical (unpaired) electrons. The summed E-state index contributed by atoms with van der Waals surface area (Å²) in [5.74, 6) is 0. The molecule has 0 aliphatic rings. The number of aryl methyl sites for hydroxylation is 1. The van der Waals surface area contributed by atoms with E-state index in [4.69, 9.17) is 5.26 Å². The fraction of sp³-hybridized carbons (Fsp3) is 0.387. The lowest BCUT2D eigenvalue weighted by Crippen LogP contribution is -2.23. The first-order valence-corrected chi connectivity index (χ1v) is 13.5. The van der Waals surface area contributed by atoms with Crippen molar-refractivity contribution in [1.82, 2.24) is 0 Å². The molecule has 3 aromatic rings. The zero-order valence-corrected chi connectivity index (χ0v) is 22.2. The molecule has 3 rings (SSSR count). The molecule has 0 aliphatic heterocycles. The number of azo groups is 2. The number of nitrogens with zero attached hydrogens (tertiary/aromatic N) is 6. The fourth-order valence-corrected chi connectivity index (χ4v) is 4.04. The SMILES string of the molecule is CCCCCCCCc1ccc(N=Nc2ccc(N=Nc3ccc(N(CC)CCC#N)cc3)cc2)cc1. The van der Waals surface area contributed by atoms with Crippen molar-refractivity contribution >= 4 is 28.4 Å². The van der Waals surface area contributed by atoms with Crippen LogP contribution in [0.4, 0.5) is 28.4 Å². The Bertz CT molecular complexity index is 1140. The van der Waals surface area contributed by atoms with Crippen molar-refractivity contribution in [2.75, 3.05) is 18.0 Å². The third-order valence-corrected chi connectivity index (χ3v) is 6.26. The van der Waals surface area contributed by atoms with Crippen LogP contribution in [0.15, 0.2) is 93.3 Å². The molecule has 6 nitrogen and oxygen atoms in total. The van der Waals surface area contributed by atoms with Gasteiger partial charge in [0, 0.05) is 18.8 Å². The molecule has 0 amide bonds. The summed E-state index contributed by atoms with van der Waals surface area (Å²) in [5, 5.41) is 26.2. The number of rotatable bonds is 15. The van der Waals surface area contributed by atoms with E-state index in [1.165, 1.54) is 44.1 Å². The summed E-state index contributed by atoms with van der Waals surface area (Å²) in [7, 11) is 0. The van der Waals surface area contributed by atoms with Gasteiger partial charge < -0.3 is 4.90 Å². The van der Waals surface area contributed by atoms with E-state index >= 15 is 0 Å². The molecule has 0 saturated carbocycles. The van der Waals surface area contributed by atoms with E-state index in [9.17, 15) is 0 Å². The van der Waals surface area contributed by atoms with Gasteiger partial charge in [0.25, 0.3) is 0 Å². The van der Waals surface area contributed by atoms with E-state index in [0.29, 0.717) is 6.42 Å². The van der Waals surface area contributed by atoms with Crippen molar-refractivity contribution in [3.05, 3.63) is 78.4 Å².